The topological polar surface area (TPSA) is 242 Å². The van der Waals surface area contributed by atoms with Crippen molar-refractivity contribution < 1.29 is 23.9 Å². The predicted molar refractivity (Wildman–Crippen MR) is 204 cm³/mol. The molecule has 0 bridgehead atoms. The molecule has 4 aromatic heterocycles. The first-order valence-corrected chi connectivity index (χ1v) is 17.8. The lowest BCUT2D eigenvalue weighted by Gasteiger charge is -2.27. The molecule has 18 nitrogen and oxygen atoms in total. The van der Waals surface area contributed by atoms with Gasteiger partial charge in [-0.1, -0.05) is 12.2 Å². The van der Waals surface area contributed by atoms with Gasteiger partial charge in [0.25, 0.3) is 11.8 Å². The normalized spacial score (nSPS) is 12.9. The summed E-state index contributed by atoms with van der Waals surface area (Å²) in [5.41, 5.74) is 21.8. The van der Waals surface area contributed by atoms with Gasteiger partial charge in [0.1, 0.15) is 22.7 Å². The number of hydrogen-bond donors (Lipinski definition) is 4. The van der Waals surface area contributed by atoms with E-state index in [9.17, 15) is 19.2 Å². The predicted octanol–water partition coefficient (Wildman–Crippen LogP) is 2.51. The smallest absolute Gasteiger partial charge is 0.278 e. The Hall–Kier alpha value is -6.82. The number of allylic oxidation sites excluding steroid dienone is 2. The first-order chi connectivity index (χ1) is 26.5. The molecule has 7 N–H and O–H groups in total. The fourth-order valence-electron chi connectivity index (χ4n) is 6.69. The number of anilines is 2. The first kappa shape index (κ1) is 36.5. The van der Waals surface area contributed by atoms with E-state index in [0.29, 0.717) is 83.4 Å². The summed E-state index contributed by atoms with van der Waals surface area (Å²) in [5, 5.41) is 11.7. The highest BCUT2D eigenvalue weighted by molar-refractivity contribution is 6.06. The Morgan fingerprint density at radius 3 is 2.35 bits per heavy atom. The van der Waals surface area contributed by atoms with Gasteiger partial charge in [-0.05, 0) is 76.2 Å². The van der Waals surface area contributed by atoms with Crippen LogP contribution in [0.25, 0.3) is 22.1 Å². The Morgan fingerprint density at radius 2 is 1.62 bits per heavy atom. The summed E-state index contributed by atoms with van der Waals surface area (Å²) < 4.78 is 13.1. The zero-order valence-electron chi connectivity index (χ0n) is 30.7. The minimum Gasteiger partial charge on any atom is -0.491 e. The molecule has 5 heterocycles. The third-order valence-electron chi connectivity index (χ3n) is 9.26. The zero-order valence-corrected chi connectivity index (χ0v) is 30.7. The highest BCUT2D eigenvalue weighted by Gasteiger charge is 2.31. The second-order valence-corrected chi connectivity index (χ2v) is 13.1. The van der Waals surface area contributed by atoms with E-state index in [2.05, 4.69) is 20.5 Å². The maximum absolute atomic E-state index is 13.9. The lowest BCUT2D eigenvalue weighted by atomic mass is 10.1. The van der Waals surface area contributed by atoms with Crippen LogP contribution in [0.1, 0.15) is 66.4 Å². The number of nitrogens with two attached hydrogens (primary N) is 3. The molecule has 18 heteroatoms. The van der Waals surface area contributed by atoms with Gasteiger partial charge in [-0.15, -0.1) is 0 Å². The van der Waals surface area contributed by atoms with Crippen LogP contribution in [-0.4, -0.2) is 82.0 Å². The van der Waals surface area contributed by atoms with Crippen molar-refractivity contribution in [3.63, 3.8) is 0 Å². The van der Waals surface area contributed by atoms with Crippen molar-refractivity contribution in [3.8, 4) is 5.75 Å². The lowest BCUT2D eigenvalue weighted by Crippen LogP contribution is -2.42. The Balaban J connectivity index is 1.27. The number of carbonyl (C=O) groups is 4. The minimum absolute atomic E-state index is 0.207. The number of aromatic nitrogens is 8. The number of imidazole rings is 2. The van der Waals surface area contributed by atoms with E-state index in [0.717, 1.165) is 5.69 Å². The third kappa shape index (κ3) is 7.01. The summed E-state index contributed by atoms with van der Waals surface area (Å²) in [4.78, 5) is 62.8. The molecule has 0 atom stereocenters. The van der Waals surface area contributed by atoms with Crippen LogP contribution in [0.5, 0.6) is 5.75 Å². The molecular weight excluding hydrogens is 706 g/mol. The molecule has 6 aromatic rings. The molecule has 0 saturated carbocycles. The fourth-order valence-corrected chi connectivity index (χ4v) is 6.69. The minimum atomic E-state index is -0.650. The van der Waals surface area contributed by atoms with Gasteiger partial charge in [0, 0.05) is 37.3 Å². The molecule has 0 aliphatic carbocycles. The quantitative estimate of drug-likeness (QED) is 0.0937. The van der Waals surface area contributed by atoms with E-state index >= 15 is 0 Å². The van der Waals surface area contributed by atoms with Gasteiger partial charge in [0.2, 0.25) is 23.7 Å². The Bertz CT molecular complexity index is 2520. The first-order valence-electron chi connectivity index (χ1n) is 17.8. The monoisotopic (exact) mass is 747 g/mol. The number of nitrogens with zero attached hydrogens (tertiary/aromatic N) is 9. The van der Waals surface area contributed by atoms with Crippen molar-refractivity contribution in [3.05, 3.63) is 88.5 Å². The van der Waals surface area contributed by atoms with Crippen LogP contribution in [0, 0.1) is 13.8 Å². The van der Waals surface area contributed by atoms with E-state index in [4.69, 9.17) is 26.9 Å². The van der Waals surface area contributed by atoms with Crippen molar-refractivity contribution in [2.45, 2.75) is 53.4 Å². The van der Waals surface area contributed by atoms with Gasteiger partial charge in [-0.3, -0.25) is 38.8 Å². The molecule has 1 aliphatic rings. The number of benzene rings is 2. The number of fused-ring (bicyclic) bond motifs is 3. The molecule has 1 aliphatic heterocycles. The van der Waals surface area contributed by atoms with Crippen LogP contribution < -0.4 is 32.2 Å². The van der Waals surface area contributed by atoms with Crippen LogP contribution in [0.2, 0.25) is 0 Å². The zero-order chi connectivity index (χ0) is 39.0. The number of rotatable bonds is 14. The van der Waals surface area contributed by atoms with Gasteiger partial charge in [-0.2, -0.15) is 10.2 Å². The summed E-state index contributed by atoms with van der Waals surface area (Å²) in [6.07, 6.45) is 4.35. The summed E-state index contributed by atoms with van der Waals surface area (Å²) in [7, 11) is 0. The molecule has 2 aromatic carbocycles. The standard InChI is InChI=1S/C37H41N13O5/c1-4-49-28(16-21(2)44-49)34(53)43-36-41-25-18-23(32(39)51)8-9-27(25)46(36)11-5-6-12-47-31-26(19-24(33(40)52)20-30(31)55-15-7-10-38)42-37(47)48-13-14-50-29(35(48)54)17-22(3)45-50/h5-6,8-9,16-20H,4,7,10-15,38H2,1-3H3,(H2,39,51)(H2,40,52)(H,41,43,53)/b6-5+. The van der Waals surface area contributed by atoms with Crippen LogP contribution in [-0.2, 0) is 26.2 Å². The number of amides is 4. The van der Waals surface area contributed by atoms with Crippen molar-refractivity contribution in [1.82, 2.24) is 38.7 Å². The lowest BCUT2D eigenvalue weighted by molar-refractivity contribution is 0.0956. The molecule has 0 spiro atoms. The van der Waals surface area contributed by atoms with Gasteiger partial charge >= 0.3 is 0 Å². The second-order valence-electron chi connectivity index (χ2n) is 13.1. The molecule has 7 rings (SSSR count). The maximum Gasteiger partial charge on any atom is 0.278 e. The highest BCUT2D eigenvalue weighted by Crippen LogP contribution is 2.34. The number of hydrogen-bond acceptors (Lipinski definition) is 10. The average Bonchev–Trinajstić information content (AvgIpc) is 3.92. The van der Waals surface area contributed by atoms with Crippen LogP contribution in [0.3, 0.4) is 0 Å². The van der Waals surface area contributed by atoms with E-state index < -0.39 is 17.7 Å². The maximum atomic E-state index is 13.9. The van der Waals surface area contributed by atoms with Crippen molar-refractivity contribution >= 4 is 57.6 Å². The second kappa shape index (κ2) is 14.9. The van der Waals surface area contributed by atoms with Crippen molar-refractivity contribution in [2.24, 2.45) is 17.2 Å². The third-order valence-corrected chi connectivity index (χ3v) is 9.26. The summed E-state index contributed by atoms with van der Waals surface area (Å²) >= 11 is 0. The molecule has 0 unspecified atom stereocenters. The van der Waals surface area contributed by atoms with E-state index in [-0.39, 0.29) is 42.7 Å². The van der Waals surface area contributed by atoms with Gasteiger partial charge < -0.3 is 31.1 Å². The molecule has 55 heavy (non-hydrogen) atoms. The average molecular weight is 748 g/mol. The van der Waals surface area contributed by atoms with Crippen molar-refractivity contribution in [1.29, 1.82) is 0 Å². The Morgan fingerprint density at radius 1 is 0.891 bits per heavy atom. The number of nitrogens with one attached hydrogen (secondary N) is 1. The van der Waals surface area contributed by atoms with Crippen LogP contribution >= 0.6 is 0 Å². The molecule has 0 radical (unpaired) electrons. The van der Waals surface area contributed by atoms with Crippen LogP contribution in [0.15, 0.2) is 54.6 Å². The van der Waals surface area contributed by atoms with Gasteiger partial charge in [-0.25, -0.2) is 9.97 Å². The molecule has 4 amide bonds. The summed E-state index contributed by atoms with van der Waals surface area (Å²) in [6, 6.07) is 11.5. The largest absolute Gasteiger partial charge is 0.491 e. The molecular formula is C37H41N13O5. The highest BCUT2D eigenvalue weighted by atomic mass is 16.5. The SMILES string of the molecule is CCn1nc(C)cc1C(=O)Nc1nc2cc(C(N)=O)ccc2n1C/C=C/Cn1c(N2CCn3nc(C)cc3C2=O)nc2cc(C(N)=O)cc(OCCCN)c21. The van der Waals surface area contributed by atoms with Gasteiger partial charge in [0.15, 0.2) is 0 Å². The van der Waals surface area contributed by atoms with E-state index in [1.165, 1.54) is 0 Å². The van der Waals surface area contributed by atoms with Crippen LogP contribution in [0.4, 0.5) is 11.9 Å². The summed E-state index contributed by atoms with van der Waals surface area (Å²) in [5.74, 6) is -0.947. The Kier molecular flexibility index (Phi) is 9.90. The molecule has 284 valence electrons. The number of ether oxygens (including phenoxy) is 1. The number of carbonyl (C=O) groups excluding carboxylic acids is 4. The van der Waals surface area contributed by atoms with Crippen molar-refractivity contribution in [2.75, 3.05) is 29.9 Å². The number of primary amides is 2. The Labute approximate surface area is 314 Å². The molecule has 0 saturated heterocycles. The molecule has 0 fully saturated rings. The fraction of sp³-hybridized carbons (Fsp3) is 0.297. The van der Waals surface area contributed by atoms with E-state index in [1.54, 1.807) is 61.3 Å². The van der Waals surface area contributed by atoms with E-state index in [1.807, 2.05) is 37.5 Å². The summed E-state index contributed by atoms with van der Waals surface area (Å²) in [6.45, 7) is 7.96. The number of aryl methyl sites for hydroxylation is 3. The van der Waals surface area contributed by atoms with Gasteiger partial charge in [0.05, 0.1) is 41.1 Å².